The van der Waals surface area contributed by atoms with Gasteiger partial charge in [0.2, 0.25) is 0 Å². The van der Waals surface area contributed by atoms with Crippen LogP contribution in [0.1, 0.15) is 50.5 Å². The van der Waals surface area contributed by atoms with Crippen molar-refractivity contribution in [2.45, 2.75) is 57.4 Å². The van der Waals surface area contributed by atoms with Gasteiger partial charge in [-0.3, -0.25) is 0 Å². The van der Waals surface area contributed by atoms with Crippen LogP contribution in [0.15, 0.2) is 22.7 Å². The van der Waals surface area contributed by atoms with E-state index >= 15 is 0 Å². The van der Waals surface area contributed by atoms with E-state index in [1.807, 2.05) is 11.0 Å². The lowest BCUT2D eigenvalue weighted by atomic mass is 9.89. The molecule has 1 saturated carbocycles. The minimum Gasteiger partial charge on any atom is -0.449 e. The lowest BCUT2D eigenvalue weighted by Crippen LogP contribution is -2.52. The molecule has 2 aliphatic heterocycles. The summed E-state index contributed by atoms with van der Waals surface area (Å²) >= 11 is 9.84. The van der Waals surface area contributed by atoms with Gasteiger partial charge in [-0.2, -0.15) is 0 Å². The smallest absolute Gasteiger partial charge is 0.410 e. The van der Waals surface area contributed by atoms with Crippen LogP contribution in [0.25, 0.3) is 0 Å². The fourth-order valence-corrected chi connectivity index (χ4v) is 5.83. The van der Waals surface area contributed by atoms with Crippen LogP contribution in [-0.4, -0.2) is 54.7 Å². The van der Waals surface area contributed by atoms with Crippen LogP contribution in [-0.2, 0) is 11.2 Å². The molecule has 3 aliphatic rings. The monoisotopic (exact) mass is 482 g/mol. The van der Waals surface area contributed by atoms with Crippen molar-refractivity contribution in [3.63, 3.8) is 0 Å². The molecule has 3 fully saturated rings. The summed E-state index contributed by atoms with van der Waals surface area (Å²) in [6.07, 6.45) is 9.53. The fraction of sp³-hybridized carbons (Fsp3) is 0.696. The maximum Gasteiger partial charge on any atom is 0.410 e. The van der Waals surface area contributed by atoms with Gasteiger partial charge in [-0.1, -0.05) is 46.8 Å². The molecule has 1 aliphatic carbocycles. The summed E-state index contributed by atoms with van der Waals surface area (Å²) in [5.74, 6) is 1.15. The number of carbonyl (C=O) groups excluding carboxylic acids is 1. The molecule has 4 rings (SSSR count). The molecule has 1 atom stereocenters. The number of likely N-dealkylation sites (tertiary alicyclic amines) is 1. The van der Waals surface area contributed by atoms with Crippen LogP contribution in [0, 0.1) is 11.8 Å². The highest BCUT2D eigenvalue weighted by molar-refractivity contribution is 9.10. The molecule has 0 radical (unpaired) electrons. The summed E-state index contributed by atoms with van der Waals surface area (Å²) in [6.45, 7) is 4.77. The Bertz CT molecular complexity index is 702. The maximum atomic E-state index is 12.3. The van der Waals surface area contributed by atoms with Gasteiger partial charge >= 0.3 is 6.09 Å². The van der Waals surface area contributed by atoms with Crippen molar-refractivity contribution in [1.29, 1.82) is 0 Å². The summed E-state index contributed by atoms with van der Waals surface area (Å²) in [6, 6.07) is 6.48. The Kier molecular flexibility index (Phi) is 7.41. The van der Waals surface area contributed by atoms with Crippen molar-refractivity contribution in [2.24, 2.45) is 11.8 Å². The number of hydrogen-bond acceptors (Lipinski definition) is 3. The Hall–Kier alpha value is -0.780. The van der Waals surface area contributed by atoms with E-state index in [1.54, 1.807) is 0 Å². The molecule has 2 saturated heterocycles. The van der Waals surface area contributed by atoms with Crippen LogP contribution in [0.5, 0.6) is 0 Å². The molecular formula is C23H32BrClN2O2. The molecule has 4 nitrogen and oxygen atoms in total. The zero-order chi connectivity index (χ0) is 20.2. The molecule has 6 heteroatoms. The quantitative estimate of drug-likeness (QED) is 0.534. The van der Waals surface area contributed by atoms with E-state index in [1.165, 1.54) is 37.7 Å². The molecule has 0 spiro atoms. The number of rotatable bonds is 5. The second kappa shape index (κ2) is 10.0. The largest absolute Gasteiger partial charge is 0.449 e. The summed E-state index contributed by atoms with van der Waals surface area (Å²) in [5.41, 5.74) is 1.32. The highest BCUT2D eigenvalue weighted by atomic mass is 79.9. The van der Waals surface area contributed by atoms with E-state index in [2.05, 4.69) is 33.0 Å². The van der Waals surface area contributed by atoms with E-state index in [0.717, 1.165) is 54.9 Å². The van der Waals surface area contributed by atoms with Gasteiger partial charge in [-0.05, 0) is 74.9 Å². The second-order valence-corrected chi connectivity index (χ2v) is 10.4. The van der Waals surface area contributed by atoms with Crippen LogP contribution in [0.3, 0.4) is 0 Å². The van der Waals surface area contributed by atoms with Crippen LogP contribution in [0.2, 0.25) is 5.02 Å². The maximum absolute atomic E-state index is 12.3. The Morgan fingerprint density at radius 1 is 1.07 bits per heavy atom. The van der Waals surface area contributed by atoms with Crippen LogP contribution < -0.4 is 0 Å². The van der Waals surface area contributed by atoms with Gasteiger partial charge in [-0.25, -0.2) is 4.79 Å². The summed E-state index contributed by atoms with van der Waals surface area (Å²) in [5, 5.41) is 0.815. The summed E-state index contributed by atoms with van der Waals surface area (Å²) in [7, 11) is 0. The molecule has 29 heavy (non-hydrogen) atoms. The standard InChI is InChI=1S/C23H32BrClN2O2/c24-22-7-6-20(25)13-19(22)12-17-8-10-26(11-9-17)14-18-15-27(23(28)29-16-18)21-4-2-1-3-5-21/h6-7,13,17-18,21H,1-5,8-12,14-16H2. The van der Waals surface area contributed by atoms with Gasteiger partial charge in [0.05, 0.1) is 6.61 Å². The topological polar surface area (TPSA) is 32.8 Å². The number of benzene rings is 1. The first-order valence-electron chi connectivity index (χ1n) is 11.2. The fourth-order valence-electron chi connectivity index (χ4n) is 5.23. The van der Waals surface area contributed by atoms with Crippen molar-refractivity contribution in [2.75, 3.05) is 32.8 Å². The number of cyclic esters (lactones) is 1. The molecule has 1 unspecified atom stereocenters. The second-order valence-electron chi connectivity index (χ2n) is 9.07. The molecule has 1 aromatic carbocycles. The lowest BCUT2D eigenvalue weighted by molar-refractivity contribution is 0.00642. The third kappa shape index (κ3) is 5.68. The first-order valence-corrected chi connectivity index (χ1v) is 12.4. The summed E-state index contributed by atoms with van der Waals surface area (Å²) in [4.78, 5) is 16.9. The van der Waals surface area contributed by atoms with Gasteiger partial charge in [0.15, 0.2) is 0 Å². The first-order chi connectivity index (χ1) is 14.1. The SMILES string of the molecule is O=C1OCC(CN2CCC(Cc3cc(Cl)ccc3Br)CC2)CN1C1CCCCC1. The predicted molar refractivity (Wildman–Crippen MR) is 120 cm³/mol. The molecule has 0 aromatic heterocycles. The average molecular weight is 484 g/mol. The van der Waals surface area contributed by atoms with Crippen molar-refractivity contribution < 1.29 is 9.53 Å². The number of carbonyl (C=O) groups is 1. The Balaban J connectivity index is 1.25. The van der Waals surface area contributed by atoms with Crippen molar-refractivity contribution >= 4 is 33.6 Å². The van der Waals surface area contributed by atoms with Gasteiger partial charge in [0.25, 0.3) is 0 Å². The molecule has 1 aromatic rings. The highest BCUT2D eigenvalue weighted by Gasteiger charge is 2.34. The van der Waals surface area contributed by atoms with Crippen LogP contribution in [0.4, 0.5) is 4.79 Å². The summed E-state index contributed by atoms with van der Waals surface area (Å²) < 4.78 is 6.73. The zero-order valence-electron chi connectivity index (χ0n) is 17.1. The Labute approximate surface area is 188 Å². The van der Waals surface area contributed by atoms with Crippen LogP contribution >= 0.6 is 27.5 Å². The highest BCUT2D eigenvalue weighted by Crippen LogP contribution is 2.29. The Morgan fingerprint density at radius 2 is 1.83 bits per heavy atom. The van der Waals surface area contributed by atoms with Gasteiger partial charge < -0.3 is 14.5 Å². The third-order valence-corrected chi connectivity index (χ3v) is 7.90. The molecule has 2 heterocycles. The van der Waals surface area contributed by atoms with Crippen molar-refractivity contribution in [3.05, 3.63) is 33.3 Å². The van der Waals surface area contributed by atoms with E-state index in [9.17, 15) is 4.79 Å². The molecule has 0 N–H and O–H groups in total. The van der Waals surface area contributed by atoms with Gasteiger partial charge in [-0.15, -0.1) is 0 Å². The number of amides is 1. The molecular weight excluding hydrogens is 452 g/mol. The van der Waals surface area contributed by atoms with E-state index in [0.29, 0.717) is 24.5 Å². The van der Waals surface area contributed by atoms with Gasteiger partial charge in [0.1, 0.15) is 0 Å². The predicted octanol–water partition coefficient (Wildman–Crippen LogP) is 5.76. The minimum absolute atomic E-state index is 0.0843. The number of ether oxygens (including phenoxy) is 1. The number of hydrogen-bond donors (Lipinski definition) is 0. The average Bonchev–Trinajstić information content (AvgIpc) is 2.74. The lowest BCUT2D eigenvalue weighted by Gasteiger charge is -2.41. The zero-order valence-corrected chi connectivity index (χ0v) is 19.5. The number of halogens is 2. The van der Waals surface area contributed by atoms with Crippen molar-refractivity contribution in [1.82, 2.24) is 9.80 Å². The first kappa shape index (κ1) is 21.5. The molecule has 0 bridgehead atoms. The normalized spacial score (nSPS) is 25.2. The minimum atomic E-state index is -0.0843. The van der Waals surface area contributed by atoms with E-state index in [-0.39, 0.29) is 6.09 Å². The Morgan fingerprint density at radius 3 is 2.59 bits per heavy atom. The third-order valence-electron chi connectivity index (χ3n) is 6.89. The molecule has 160 valence electrons. The van der Waals surface area contributed by atoms with Gasteiger partial charge in [0, 0.05) is 34.5 Å². The van der Waals surface area contributed by atoms with E-state index in [4.69, 9.17) is 16.3 Å². The molecule has 1 amide bonds. The van der Waals surface area contributed by atoms with Crippen molar-refractivity contribution in [3.8, 4) is 0 Å². The van der Waals surface area contributed by atoms with E-state index < -0.39 is 0 Å². The number of piperidine rings is 1. The number of nitrogens with zero attached hydrogens (tertiary/aromatic N) is 2.